The molecule has 0 radical (unpaired) electrons. The van der Waals surface area contributed by atoms with E-state index < -0.39 is 23.9 Å². The molecule has 41 heavy (non-hydrogen) atoms. The Kier molecular flexibility index (Phi) is 7.11. The van der Waals surface area contributed by atoms with Gasteiger partial charge in [0.1, 0.15) is 6.07 Å². The van der Waals surface area contributed by atoms with E-state index in [1.165, 1.54) is 18.9 Å². The molecular weight excluding hydrogens is 522 g/mol. The molecule has 6 rings (SSSR count). The van der Waals surface area contributed by atoms with Crippen molar-refractivity contribution < 1.29 is 13.6 Å². The van der Waals surface area contributed by atoms with Crippen LogP contribution in [0.1, 0.15) is 85.5 Å². The lowest BCUT2D eigenvalue weighted by Crippen LogP contribution is -2.61. The van der Waals surface area contributed by atoms with Gasteiger partial charge in [0.2, 0.25) is 5.91 Å². The summed E-state index contributed by atoms with van der Waals surface area (Å²) in [5.74, 6) is -3.28. The van der Waals surface area contributed by atoms with Crippen molar-refractivity contribution in [2.24, 2.45) is 11.7 Å². The molecule has 0 bridgehead atoms. The number of carbonyl (C=O) groups excluding carboxylic acids is 1. The topological polar surface area (TPSA) is 100.0 Å². The number of benzene rings is 1. The number of amides is 1. The second-order valence-corrected chi connectivity index (χ2v) is 12.4. The first-order chi connectivity index (χ1) is 19.6. The molecule has 1 aromatic heterocycles. The number of halogens is 2. The Labute approximate surface area is 240 Å². The first-order valence-corrected chi connectivity index (χ1v) is 14.7. The van der Waals surface area contributed by atoms with Crippen LogP contribution in [0.5, 0.6) is 0 Å². The molecule has 2 aromatic rings. The predicted octanol–water partition coefficient (Wildman–Crippen LogP) is 4.85. The van der Waals surface area contributed by atoms with Gasteiger partial charge in [-0.25, -0.2) is 4.68 Å². The first-order valence-electron chi connectivity index (χ1n) is 14.7. The lowest BCUT2D eigenvalue weighted by Gasteiger charge is -2.43. The number of hydrogen-bond donors (Lipinski definition) is 2. The van der Waals surface area contributed by atoms with Crippen LogP contribution in [0.3, 0.4) is 0 Å². The van der Waals surface area contributed by atoms with E-state index in [0.29, 0.717) is 30.9 Å². The van der Waals surface area contributed by atoms with E-state index in [1.54, 1.807) is 0 Å². The summed E-state index contributed by atoms with van der Waals surface area (Å²) in [5.41, 5.74) is 12.9. The Morgan fingerprint density at radius 1 is 1.27 bits per heavy atom. The number of nitrogens with one attached hydrogen (secondary N) is 1. The molecule has 1 amide bonds. The maximum absolute atomic E-state index is 14.6. The van der Waals surface area contributed by atoms with E-state index in [2.05, 4.69) is 30.6 Å². The third-order valence-electron chi connectivity index (χ3n) is 9.76. The van der Waals surface area contributed by atoms with Crippen molar-refractivity contribution in [1.29, 1.82) is 5.26 Å². The Balaban J connectivity index is 1.30. The molecule has 7 nitrogen and oxygen atoms in total. The van der Waals surface area contributed by atoms with Crippen LogP contribution in [-0.2, 0) is 17.6 Å². The molecule has 1 saturated heterocycles. The highest BCUT2D eigenvalue weighted by Gasteiger charge is 2.48. The predicted molar refractivity (Wildman–Crippen MR) is 153 cm³/mol. The quantitative estimate of drug-likeness (QED) is 0.510. The monoisotopic (exact) mass is 560 g/mol. The lowest BCUT2D eigenvalue weighted by molar-refractivity contribution is -0.140. The summed E-state index contributed by atoms with van der Waals surface area (Å²) in [6, 6.07) is 6.48. The van der Waals surface area contributed by atoms with Crippen molar-refractivity contribution in [3.63, 3.8) is 0 Å². The molecule has 1 saturated carbocycles. The van der Waals surface area contributed by atoms with Crippen LogP contribution in [0.2, 0.25) is 0 Å². The Morgan fingerprint density at radius 3 is 2.71 bits per heavy atom. The van der Waals surface area contributed by atoms with Crippen LogP contribution in [0.25, 0.3) is 5.69 Å². The van der Waals surface area contributed by atoms with Crippen LogP contribution < -0.4 is 11.1 Å². The van der Waals surface area contributed by atoms with Gasteiger partial charge in [-0.15, -0.1) is 0 Å². The third kappa shape index (κ3) is 4.71. The molecule has 4 atom stereocenters. The van der Waals surface area contributed by atoms with Crippen LogP contribution >= 0.6 is 0 Å². The maximum Gasteiger partial charge on any atom is 0.283 e. The van der Waals surface area contributed by atoms with Gasteiger partial charge < -0.3 is 16.0 Å². The number of rotatable bonds is 5. The fraction of sp³-hybridized carbons (Fsp3) is 0.531. The smallest absolute Gasteiger partial charge is 0.283 e. The molecule has 2 aliphatic heterocycles. The first kappa shape index (κ1) is 27.8. The Hall–Kier alpha value is -3.35. The molecule has 2 fully saturated rings. The Morgan fingerprint density at radius 2 is 2.05 bits per heavy atom. The highest BCUT2D eigenvalue weighted by atomic mass is 19.3. The van der Waals surface area contributed by atoms with Gasteiger partial charge in [-0.2, -0.15) is 19.1 Å². The van der Waals surface area contributed by atoms with Gasteiger partial charge in [0.25, 0.3) is 5.92 Å². The number of aryl methyl sites for hydroxylation is 1. The van der Waals surface area contributed by atoms with Crippen molar-refractivity contribution in [2.45, 2.75) is 88.3 Å². The van der Waals surface area contributed by atoms with Crippen LogP contribution in [-0.4, -0.2) is 51.7 Å². The molecule has 9 heteroatoms. The summed E-state index contributed by atoms with van der Waals surface area (Å²) < 4.78 is 31.2. The molecule has 3 N–H and O–H groups in total. The average molecular weight is 561 g/mol. The maximum atomic E-state index is 14.6. The summed E-state index contributed by atoms with van der Waals surface area (Å²) in [6.07, 6.45) is 6.25. The summed E-state index contributed by atoms with van der Waals surface area (Å²) >= 11 is 0. The number of aromatic nitrogens is 2. The number of carbonyl (C=O) groups is 1. The standard InChI is InChI=1S/C32H38F2N6O/c1-18(2)32(33,34)29-15-24(36)23(17-37-29)31(41)39-12-11-27-30-25(9-7-19(3)13-28(30)39)38-40(27)26-10-8-21(14-22(26)16-35)20-5-4-6-20/h8,10,14,20,23-24,28-29,37H,1,3-7,9,11-13,15,17,36H2,2H3. The second kappa shape index (κ2) is 10.5. The van der Waals surface area contributed by atoms with E-state index in [4.69, 9.17) is 10.8 Å². The highest BCUT2D eigenvalue weighted by molar-refractivity contribution is 5.81. The summed E-state index contributed by atoms with van der Waals surface area (Å²) in [7, 11) is 0. The normalized spacial score (nSPS) is 26.5. The molecule has 3 heterocycles. The minimum atomic E-state index is -3.09. The number of alkyl halides is 2. The fourth-order valence-electron chi connectivity index (χ4n) is 7.03. The van der Waals surface area contributed by atoms with Crippen molar-refractivity contribution in [1.82, 2.24) is 20.0 Å². The van der Waals surface area contributed by atoms with Gasteiger partial charge in [-0.05, 0) is 74.6 Å². The van der Waals surface area contributed by atoms with E-state index in [1.807, 2.05) is 21.7 Å². The van der Waals surface area contributed by atoms with Crippen LogP contribution in [0, 0.1) is 17.2 Å². The van der Waals surface area contributed by atoms with Gasteiger partial charge in [0.15, 0.2) is 0 Å². The minimum Gasteiger partial charge on any atom is -0.334 e. The van der Waals surface area contributed by atoms with Gasteiger partial charge in [-0.3, -0.25) is 4.79 Å². The number of nitrogens with zero attached hydrogens (tertiary/aromatic N) is 4. The molecular formula is C32H38F2N6O. The summed E-state index contributed by atoms with van der Waals surface area (Å²) in [4.78, 5) is 15.9. The second-order valence-electron chi connectivity index (χ2n) is 12.4. The SMILES string of the molecule is C=C1CCc2nn(-c3ccc(C4CCC4)cc3C#N)c3c2C(C1)N(C(=O)C1CNC(C(F)(F)C(=C)C)CC1N)CC3. The van der Waals surface area contributed by atoms with E-state index in [9.17, 15) is 18.8 Å². The minimum absolute atomic E-state index is 0.0102. The van der Waals surface area contributed by atoms with E-state index >= 15 is 0 Å². The fourth-order valence-corrected chi connectivity index (χ4v) is 7.03. The van der Waals surface area contributed by atoms with E-state index in [0.717, 1.165) is 53.9 Å². The zero-order valence-corrected chi connectivity index (χ0v) is 23.6. The summed E-state index contributed by atoms with van der Waals surface area (Å²) in [6.45, 7) is 9.58. The molecule has 0 spiro atoms. The number of nitriles is 1. The van der Waals surface area contributed by atoms with E-state index in [-0.39, 0.29) is 30.5 Å². The Bertz CT molecular complexity index is 1450. The van der Waals surface area contributed by atoms with Crippen LogP contribution in [0.15, 0.2) is 42.5 Å². The van der Waals surface area contributed by atoms with Gasteiger partial charge >= 0.3 is 0 Å². The van der Waals surface area contributed by atoms with Crippen molar-refractivity contribution in [3.8, 4) is 11.8 Å². The number of hydrogen-bond acceptors (Lipinski definition) is 5. The number of nitrogens with two attached hydrogens (primary N) is 1. The van der Waals surface area contributed by atoms with Gasteiger partial charge in [0, 0.05) is 31.1 Å². The zero-order chi connectivity index (χ0) is 29.1. The molecule has 2 aliphatic carbocycles. The average Bonchev–Trinajstić information content (AvgIpc) is 3.20. The van der Waals surface area contributed by atoms with Crippen LogP contribution in [0.4, 0.5) is 8.78 Å². The zero-order valence-electron chi connectivity index (χ0n) is 23.6. The van der Waals surface area contributed by atoms with Crippen molar-refractivity contribution in [2.75, 3.05) is 13.1 Å². The third-order valence-corrected chi connectivity index (χ3v) is 9.76. The summed E-state index contributed by atoms with van der Waals surface area (Å²) in [5, 5.41) is 18.0. The molecule has 4 unspecified atom stereocenters. The highest BCUT2D eigenvalue weighted by Crippen LogP contribution is 2.43. The lowest BCUT2D eigenvalue weighted by atomic mass is 9.79. The molecule has 4 aliphatic rings. The van der Waals surface area contributed by atoms with Crippen molar-refractivity contribution >= 4 is 5.91 Å². The van der Waals surface area contributed by atoms with Crippen molar-refractivity contribution in [3.05, 3.63) is 70.6 Å². The van der Waals surface area contributed by atoms with Gasteiger partial charge in [-0.1, -0.05) is 31.2 Å². The van der Waals surface area contributed by atoms with Gasteiger partial charge in [0.05, 0.1) is 40.6 Å². The molecule has 216 valence electrons. The largest absolute Gasteiger partial charge is 0.334 e. The number of piperidine rings is 1. The molecule has 1 aromatic carbocycles.